The topological polar surface area (TPSA) is 62.8 Å². The molecular weight excluding hydrogens is 309 g/mol. The van der Waals surface area contributed by atoms with Crippen molar-refractivity contribution in [2.45, 2.75) is 32.6 Å². The lowest BCUT2D eigenvalue weighted by atomic mass is 9.93. The number of nitrogens with one attached hydrogen (secondary N) is 1. The van der Waals surface area contributed by atoms with E-state index in [0.717, 1.165) is 18.2 Å². The summed E-state index contributed by atoms with van der Waals surface area (Å²) in [5.41, 5.74) is -0.635. The maximum absolute atomic E-state index is 13.6. The number of H-pyrrole nitrogens is 1. The molecule has 1 aromatic heterocycles. The fraction of sp³-hybridized carbons (Fsp3) is 0.312. The van der Waals surface area contributed by atoms with Crippen molar-refractivity contribution in [1.82, 2.24) is 9.97 Å². The third kappa shape index (κ3) is 4.06. The van der Waals surface area contributed by atoms with Crippen LogP contribution < -0.4 is 5.56 Å². The Morgan fingerprint density at radius 1 is 1.30 bits per heavy atom. The average Bonchev–Trinajstić information content (AvgIpc) is 2.45. The molecule has 0 amide bonds. The number of rotatable bonds is 5. The Balaban J connectivity index is 2.18. The van der Waals surface area contributed by atoms with Gasteiger partial charge in [-0.2, -0.15) is 0 Å². The molecule has 0 aliphatic carbocycles. The lowest BCUT2D eigenvalue weighted by Crippen LogP contribution is -2.15. The van der Waals surface area contributed by atoms with E-state index in [4.69, 9.17) is 0 Å². The summed E-state index contributed by atoms with van der Waals surface area (Å²) in [6.07, 6.45) is -2.90. The number of nitrogens with zero attached hydrogens (tertiary/aromatic N) is 1. The minimum Gasteiger partial charge on any atom is -0.311 e. The Bertz CT molecular complexity index is 787. The van der Waals surface area contributed by atoms with Gasteiger partial charge in [-0.05, 0) is 24.5 Å². The van der Waals surface area contributed by atoms with E-state index in [1.54, 1.807) is 13.8 Å². The average molecular weight is 324 g/mol. The fourth-order valence-electron chi connectivity index (χ4n) is 2.25. The van der Waals surface area contributed by atoms with Crippen molar-refractivity contribution in [3.05, 3.63) is 63.1 Å². The molecule has 0 radical (unpaired) electrons. The zero-order valence-corrected chi connectivity index (χ0v) is 12.6. The molecule has 0 bridgehead atoms. The first-order chi connectivity index (χ1) is 10.8. The lowest BCUT2D eigenvalue weighted by Gasteiger charge is -2.12. The number of hydrogen-bond acceptors (Lipinski definition) is 3. The largest absolute Gasteiger partial charge is 0.311 e. The van der Waals surface area contributed by atoms with Gasteiger partial charge in [-0.25, -0.2) is 18.2 Å². The minimum absolute atomic E-state index is 0.0106. The molecule has 1 N–H and O–H groups in total. The summed E-state index contributed by atoms with van der Waals surface area (Å²) in [6.45, 7) is 3.23. The van der Waals surface area contributed by atoms with Gasteiger partial charge in [0.2, 0.25) is 0 Å². The third-order valence-corrected chi connectivity index (χ3v) is 3.47. The van der Waals surface area contributed by atoms with Crippen molar-refractivity contribution < 1.29 is 18.0 Å². The quantitative estimate of drug-likeness (QED) is 0.856. The molecule has 0 saturated carbocycles. The van der Waals surface area contributed by atoms with Crippen LogP contribution in [-0.4, -0.2) is 15.8 Å². The van der Waals surface area contributed by atoms with Crippen LogP contribution in [0.3, 0.4) is 0 Å². The second-order valence-corrected chi connectivity index (χ2v) is 5.33. The smallest absolute Gasteiger partial charge is 0.266 e. The van der Waals surface area contributed by atoms with Crippen molar-refractivity contribution in [2.75, 3.05) is 0 Å². The number of alkyl halides is 2. The molecule has 122 valence electrons. The standard InChI is InChI=1S/C16H15F3N2O2/c1-8(10-3-4-11(16(18)19)12(17)6-10)5-14(22)13-7-15(23)21-9(2)20-13/h3-4,6-8,16H,5H2,1-2H3,(H,20,21,23)/t8-/m0/s1. The van der Waals surface area contributed by atoms with Gasteiger partial charge in [-0.15, -0.1) is 0 Å². The number of aryl methyl sites for hydroxylation is 1. The first-order valence-corrected chi connectivity index (χ1v) is 6.96. The molecule has 2 rings (SSSR count). The molecule has 0 fully saturated rings. The van der Waals surface area contributed by atoms with Gasteiger partial charge in [0, 0.05) is 12.5 Å². The molecule has 2 aromatic rings. The van der Waals surface area contributed by atoms with Gasteiger partial charge < -0.3 is 4.98 Å². The summed E-state index contributed by atoms with van der Waals surface area (Å²) in [4.78, 5) is 29.9. The summed E-state index contributed by atoms with van der Waals surface area (Å²) < 4.78 is 38.7. The van der Waals surface area contributed by atoms with Crippen LogP contribution in [0.1, 0.15) is 53.1 Å². The van der Waals surface area contributed by atoms with E-state index in [0.29, 0.717) is 11.4 Å². The van der Waals surface area contributed by atoms with E-state index in [1.807, 2.05) is 0 Å². The Morgan fingerprint density at radius 2 is 2.00 bits per heavy atom. The number of aromatic amines is 1. The monoisotopic (exact) mass is 324 g/mol. The molecule has 7 heteroatoms. The van der Waals surface area contributed by atoms with Crippen LogP contribution in [0.4, 0.5) is 13.2 Å². The molecule has 4 nitrogen and oxygen atoms in total. The number of aromatic nitrogens is 2. The SMILES string of the molecule is Cc1nc(C(=O)C[C@H](C)c2ccc(C(F)F)c(F)c2)cc(=O)[nH]1. The molecule has 23 heavy (non-hydrogen) atoms. The van der Waals surface area contributed by atoms with E-state index in [9.17, 15) is 22.8 Å². The number of hydrogen-bond donors (Lipinski definition) is 1. The maximum Gasteiger partial charge on any atom is 0.266 e. The predicted octanol–water partition coefficient (Wildman–Crippen LogP) is 3.53. The predicted molar refractivity (Wildman–Crippen MR) is 78.3 cm³/mol. The molecular formula is C16H15F3N2O2. The van der Waals surface area contributed by atoms with E-state index < -0.39 is 29.3 Å². The van der Waals surface area contributed by atoms with Crippen molar-refractivity contribution in [3.8, 4) is 0 Å². The van der Waals surface area contributed by atoms with Crippen molar-refractivity contribution in [3.63, 3.8) is 0 Å². The van der Waals surface area contributed by atoms with Gasteiger partial charge in [0.05, 0.1) is 5.56 Å². The Kier molecular flexibility index (Phi) is 4.98. The number of carbonyl (C=O) groups is 1. The molecule has 0 spiro atoms. The van der Waals surface area contributed by atoms with Crippen LogP contribution in [0, 0.1) is 12.7 Å². The molecule has 1 atom stereocenters. The van der Waals surface area contributed by atoms with E-state index in [2.05, 4.69) is 9.97 Å². The number of ketones is 1. The van der Waals surface area contributed by atoms with Gasteiger partial charge in [-0.3, -0.25) is 9.59 Å². The van der Waals surface area contributed by atoms with Gasteiger partial charge >= 0.3 is 0 Å². The van der Waals surface area contributed by atoms with Gasteiger partial charge in [0.1, 0.15) is 17.3 Å². The third-order valence-electron chi connectivity index (χ3n) is 3.47. The minimum atomic E-state index is -2.88. The van der Waals surface area contributed by atoms with Crippen molar-refractivity contribution >= 4 is 5.78 Å². The number of carbonyl (C=O) groups excluding carboxylic acids is 1. The summed E-state index contributed by atoms with van der Waals surface area (Å²) in [6, 6.07) is 4.50. The van der Waals surface area contributed by atoms with E-state index >= 15 is 0 Å². The second kappa shape index (κ2) is 6.76. The molecule has 0 saturated heterocycles. The Labute approximate surface area is 130 Å². The Hall–Kier alpha value is -2.44. The highest BCUT2D eigenvalue weighted by atomic mass is 19.3. The maximum atomic E-state index is 13.6. The van der Waals surface area contributed by atoms with Crippen molar-refractivity contribution in [2.24, 2.45) is 0 Å². The molecule has 0 aliphatic rings. The fourth-order valence-corrected chi connectivity index (χ4v) is 2.25. The van der Waals surface area contributed by atoms with Crippen LogP contribution in [-0.2, 0) is 0 Å². The van der Waals surface area contributed by atoms with Gasteiger partial charge in [-0.1, -0.05) is 19.1 Å². The normalized spacial score (nSPS) is 12.4. The number of halogens is 3. The molecule has 1 heterocycles. The van der Waals surface area contributed by atoms with Crippen LogP contribution >= 0.6 is 0 Å². The highest BCUT2D eigenvalue weighted by Crippen LogP contribution is 2.27. The van der Waals surface area contributed by atoms with Crippen LogP contribution in [0.2, 0.25) is 0 Å². The van der Waals surface area contributed by atoms with Gasteiger partial charge in [0.25, 0.3) is 12.0 Å². The van der Waals surface area contributed by atoms with Crippen LogP contribution in [0.5, 0.6) is 0 Å². The molecule has 1 aromatic carbocycles. The van der Waals surface area contributed by atoms with E-state index in [-0.39, 0.29) is 17.9 Å². The van der Waals surface area contributed by atoms with Gasteiger partial charge in [0.15, 0.2) is 5.78 Å². The number of benzene rings is 1. The van der Waals surface area contributed by atoms with Crippen molar-refractivity contribution in [1.29, 1.82) is 0 Å². The Morgan fingerprint density at radius 3 is 2.57 bits per heavy atom. The second-order valence-electron chi connectivity index (χ2n) is 5.33. The first-order valence-electron chi connectivity index (χ1n) is 6.96. The summed E-state index contributed by atoms with van der Waals surface area (Å²) in [5, 5.41) is 0. The number of Topliss-reactive ketones (excluding diaryl/α,β-unsaturated/α-hetero) is 1. The molecule has 0 aliphatic heterocycles. The van der Waals surface area contributed by atoms with E-state index in [1.165, 1.54) is 6.07 Å². The van der Waals surface area contributed by atoms with Crippen LogP contribution in [0.25, 0.3) is 0 Å². The highest BCUT2D eigenvalue weighted by Gasteiger charge is 2.18. The summed E-state index contributed by atoms with van der Waals surface area (Å²) >= 11 is 0. The first kappa shape index (κ1) is 16.9. The molecule has 0 unspecified atom stereocenters. The highest BCUT2D eigenvalue weighted by molar-refractivity contribution is 5.94. The zero-order valence-electron chi connectivity index (χ0n) is 12.6. The lowest BCUT2D eigenvalue weighted by molar-refractivity contribution is 0.0970. The zero-order chi connectivity index (χ0) is 17.1. The van der Waals surface area contributed by atoms with Crippen LogP contribution in [0.15, 0.2) is 29.1 Å². The summed E-state index contributed by atoms with van der Waals surface area (Å²) in [7, 11) is 0. The summed E-state index contributed by atoms with van der Waals surface area (Å²) in [5.74, 6) is -1.45.